The third-order valence-electron chi connectivity index (χ3n) is 6.43. The number of likely N-dealkylation sites (tertiary alicyclic amines) is 1. The molecule has 2 N–H and O–H groups in total. The molecule has 4 aromatic rings. The monoisotopic (exact) mass is 535 g/mol. The van der Waals surface area contributed by atoms with Crippen molar-refractivity contribution in [2.45, 2.75) is 18.9 Å². The number of fused-ring (bicyclic) bond motifs is 1. The Morgan fingerprint density at radius 3 is 2.73 bits per heavy atom. The number of carbonyl (C=O) groups excluding carboxylic acids is 1. The highest BCUT2D eigenvalue weighted by Crippen LogP contribution is 2.40. The van der Waals surface area contributed by atoms with Crippen LogP contribution in [0.5, 0.6) is 0 Å². The highest BCUT2D eigenvalue weighted by molar-refractivity contribution is 6.31. The third kappa shape index (κ3) is 5.44. The van der Waals surface area contributed by atoms with Gasteiger partial charge in [0, 0.05) is 28.4 Å². The van der Waals surface area contributed by atoms with Gasteiger partial charge in [0.1, 0.15) is 12.1 Å². The van der Waals surface area contributed by atoms with Gasteiger partial charge in [-0.25, -0.2) is 14.4 Å². The number of hydrogen-bond acceptors (Lipinski definition) is 5. The van der Waals surface area contributed by atoms with Gasteiger partial charge in [0.15, 0.2) is 5.82 Å². The number of halogens is 3. The molecule has 6 nitrogen and oxygen atoms in total. The van der Waals surface area contributed by atoms with E-state index in [0.29, 0.717) is 33.0 Å². The molecule has 37 heavy (non-hydrogen) atoms. The van der Waals surface area contributed by atoms with Crippen molar-refractivity contribution in [3.8, 4) is 11.1 Å². The maximum Gasteiger partial charge on any atom is 0.248 e. The van der Waals surface area contributed by atoms with E-state index in [1.54, 1.807) is 42.5 Å². The Kier molecular flexibility index (Phi) is 7.37. The molecule has 0 spiro atoms. The Bertz CT molecular complexity index is 1510. The Labute approximate surface area is 224 Å². The molecule has 0 unspecified atom stereocenters. The standard InChI is InChI=1S/C28H24Cl2FN5O/c1-36-14-4-7-19(36)10-13-24(37)34-22-12-11-21-26(25(22)17-5-2-6-18(29)15-17)28(33-16-32-21)35-23-9-3-8-20(30)27(23)31/h2-3,5-6,8-13,15-16,19H,4,7,14H2,1H3,(H,34,37)(H,32,33,35)/b13-10+/t19-/m1/s1. The minimum Gasteiger partial charge on any atom is -0.337 e. The minimum absolute atomic E-state index is 0.00827. The molecule has 3 aromatic carbocycles. The highest BCUT2D eigenvalue weighted by atomic mass is 35.5. The van der Waals surface area contributed by atoms with E-state index in [1.807, 2.05) is 18.2 Å². The lowest BCUT2D eigenvalue weighted by molar-refractivity contribution is -0.111. The molecule has 1 aliphatic heterocycles. The number of anilines is 3. The van der Waals surface area contributed by atoms with Crippen LogP contribution in [0.4, 0.5) is 21.6 Å². The molecule has 1 aliphatic rings. The van der Waals surface area contributed by atoms with Crippen molar-refractivity contribution in [3.05, 3.63) is 88.9 Å². The van der Waals surface area contributed by atoms with Crippen molar-refractivity contribution in [2.24, 2.45) is 0 Å². The minimum atomic E-state index is -0.591. The van der Waals surface area contributed by atoms with Gasteiger partial charge in [-0.15, -0.1) is 0 Å². The van der Waals surface area contributed by atoms with Crippen molar-refractivity contribution in [3.63, 3.8) is 0 Å². The van der Waals surface area contributed by atoms with E-state index < -0.39 is 5.82 Å². The predicted octanol–water partition coefficient (Wildman–Crippen LogP) is 7.08. The van der Waals surface area contributed by atoms with E-state index in [4.69, 9.17) is 23.2 Å². The zero-order chi connectivity index (χ0) is 25.9. The van der Waals surface area contributed by atoms with E-state index in [1.165, 1.54) is 12.4 Å². The maximum absolute atomic E-state index is 14.7. The third-order valence-corrected chi connectivity index (χ3v) is 6.95. The Balaban J connectivity index is 1.61. The SMILES string of the molecule is CN1CCC[C@@H]1/C=C/C(=O)Nc1ccc2ncnc(Nc3cccc(Cl)c3F)c2c1-c1cccc(Cl)c1. The topological polar surface area (TPSA) is 70.2 Å². The number of hydrogen-bond donors (Lipinski definition) is 2. The number of rotatable bonds is 6. The molecule has 9 heteroatoms. The Morgan fingerprint density at radius 1 is 1.11 bits per heavy atom. The molecule has 5 rings (SSSR count). The summed E-state index contributed by atoms with van der Waals surface area (Å²) in [6, 6.07) is 15.8. The van der Waals surface area contributed by atoms with Crippen LogP contribution in [0, 0.1) is 5.82 Å². The summed E-state index contributed by atoms with van der Waals surface area (Å²) < 4.78 is 14.7. The first-order chi connectivity index (χ1) is 17.9. The highest BCUT2D eigenvalue weighted by Gasteiger charge is 2.20. The van der Waals surface area contributed by atoms with Crippen LogP contribution in [0.3, 0.4) is 0 Å². The van der Waals surface area contributed by atoms with E-state index in [0.717, 1.165) is 24.9 Å². The normalized spacial score (nSPS) is 15.9. The van der Waals surface area contributed by atoms with E-state index in [-0.39, 0.29) is 22.7 Å². The van der Waals surface area contributed by atoms with Crippen LogP contribution in [0.15, 0.2) is 73.1 Å². The Morgan fingerprint density at radius 2 is 1.95 bits per heavy atom. The second-order valence-electron chi connectivity index (χ2n) is 8.88. The summed E-state index contributed by atoms with van der Waals surface area (Å²) in [5.74, 6) is -0.484. The molecule has 0 saturated carbocycles. The fourth-order valence-electron chi connectivity index (χ4n) is 4.58. The zero-order valence-electron chi connectivity index (χ0n) is 20.0. The van der Waals surface area contributed by atoms with Gasteiger partial charge < -0.3 is 10.6 Å². The lowest BCUT2D eigenvalue weighted by atomic mass is 9.98. The molecule has 0 bridgehead atoms. The van der Waals surface area contributed by atoms with Crippen molar-refractivity contribution in [1.82, 2.24) is 14.9 Å². The van der Waals surface area contributed by atoms with E-state index in [2.05, 4.69) is 32.5 Å². The van der Waals surface area contributed by atoms with Crippen LogP contribution < -0.4 is 10.6 Å². The van der Waals surface area contributed by atoms with Gasteiger partial charge in [0.05, 0.1) is 21.6 Å². The van der Waals surface area contributed by atoms with Gasteiger partial charge in [-0.05, 0) is 68.4 Å². The number of amides is 1. The second-order valence-corrected chi connectivity index (χ2v) is 9.72. The lowest BCUT2D eigenvalue weighted by Crippen LogP contribution is -2.23. The summed E-state index contributed by atoms with van der Waals surface area (Å²) in [5, 5.41) is 7.18. The predicted molar refractivity (Wildman–Crippen MR) is 148 cm³/mol. The average molecular weight is 536 g/mol. The summed E-state index contributed by atoms with van der Waals surface area (Å²) in [6.45, 7) is 1.02. The number of nitrogens with one attached hydrogen (secondary N) is 2. The zero-order valence-corrected chi connectivity index (χ0v) is 21.5. The van der Waals surface area contributed by atoms with Crippen LogP contribution in [-0.2, 0) is 4.79 Å². The van der Waals surface area contributed by atoms with E-state index >= 15 is 0 Å². The summed E-state index contributed by atoms with van der Waals surface area (Å²) in [7, 11) is 2.05. The number of carbonyl (C=O) groups is 1. The van der Waals surface area contributed by atoms with Crippen LogP contribution >= 0.6 is 23.2 Å². The maximum atomic E-state index is 14.7. The number of benzene rings is 3. The fraction of sp³-hybridized carbons (Fsp3) is 0.179. The molecular formula is C28H24Cl2FN5O. The van der Waals surface area contributed by atoms with Gasteiger partial charge in [-0.3, -0.25) is 9.69 Å². The molecule has 1 fully saturated rings. The van der Waals surface area contributed by atoms with Crippen LogP contribution in [0.25, 0.3) is 22.0 Å². The summed E-state index contributed by atoms with van der Waals surface area (Å²) >= 11 is 12.3. The smallest absolute Gasteiger partial charge is 0.248 e. The van der Waals surface area contributed by atoms with Gasteiger partial charge >= 0.3 is 0 Å². The van der Waals surface area contributed by atoms with Crippen molar-refractivity contribution >= 4 is 57.2 Å². The molecule has 1 aromatic heterocycles. The molecular weight excluding hydrogens is 512 g/mol. The summed E-state index contributed by atoms with van der Waals surface area (Å²) in [5.41, 5.74) is 2.73. The lowest BCUT2D eigenvalue weighted by Gasteiger charge is -2.17. The summed E-state index contributed by atoms with van der Waals surface area (Å²) in [4.78, 5) is 24.0. The largest absolute Gasteiger partial charge is 0.337 e. The molecule has 188 valence electrons. The first kappa shape index (κ1) is 25.1. The Hall–Kier alpha value is -3.52. The molecule has 0 aliphatic carbocycles. The molecule has 2 heterocycles. The van der Waals surface area contributed by atoms with Crippen molar-refractivity contribution in [1.29, 1.82) is 0 Å². The second kappa shape index (κ2) is 10.8. The van der Waals surface area contributed by atoms with Gasteiger partial charge in [0.25, 0.3) is 0 Å². The van der Waals surface area contributed by atoms with E-state index in [9.17, 15) is 9.18 Å². The van der Waals surface area contributed by atoms with Crippen molar-refractivity contribution in [2.75, 3.05) is 24.2 Å². The van der Waals surface area contributed by atoms with Gasteiger partial charge in [-0.2, -0.15) is 0 Å². The molecule has 1 amide bonds. The van der Waals surface area contributed by atoms with Crippen LogP contribution in [0.1, 0.15) is 12.8 Å². The fourth-order valence-corrected chi connectivity index (χ4v) is 4.94. The number of likely N-dealkylation sites (N-methyl/N-ethyl adjacent to an activating group) is 1. The molecule has 1 atom stereocenters. The summed E-state index contributed by atoms with van der Waals surface area (Å²) in [6.07, 6.45) is 7.03. The number of nitrogens with zero attached hydrogens (tertiary/aromatic N) is 3. The first-order valence-electron chi connectivity index (χ1n) is 11.8. The van der Waals surface area contributed by atoms with Crippen LogP contribution in [0.2, 0.25) is 10.0 Å². The van der Waals surface area contributed by atoms with Gasteiger partial charge in [0.2, 0.25) is 5.91 Å². The first-order valence-corrected chi connectivity index (χ1v) is 12.6. The molecule has 0 radical (unpaired) electrons. The quantitative estimate of drug-likeness (QED) is 0.258. The van der Waals surface area contributed by atoms with Crippen molar-refractivity contribution < 1.29 is 9.18 Å². The molecule has 1 saturated heterocycles. The van der Waals surface area contributed by atoms with Crippen LogP contribution in [-0.4, -0.2) is 40.4 Å². The average Bonchev–Trinajstić information content (AvgIpc) is 3.30. The number of aromatic nitrogens is 2. The van der Waals surface area contributed by atoms with Gasteiger partial charge in [-0.1, -0.05) is 47.5 Å².